The van der Waals surface area contributed by atoms with Crippen LogP contribution in [0.3, 0.4) is 0 Å². The zero-order valence-electron chi connectivity index (χ0n) is 20.0. The number of esters is 1. The summed E-state index contributed by atoms with van der Waals surface area (Å²) in [5.41, 5.74) is 0.537. The van der Waals surface area contributed by atoms with Gasteiger partial charge in [-0.1, -0.05) is 54.4 Å². The summed E-state index contributed by atoms with van der Waals surface area (Å²) in [6.07, 6.45) is -2.39. The van der Waals surface area contributed by atoms with Crippen LogP contribution >= 0.6 is 23.2 Å². The molecular weight excluding hydrogens is 493 g/mol. The number of hydrogen-bond donors (Lipinski definition) is 1. The third-order valence-electron chi connectivity index (χ3n) is 5.58. The topological polar surface area (TPSA) is 93.1 Å². The fourth-order valence-corrected chi connectivity index (χ4v) is 4.51. The maximum Gasteiger partial charge on any atom is 0.329 e. The van der Waals surface area contributed by atoms with Crippen molar-refractivity contribution in [2.24, 2.45) is 0 Å². The molecule has 0 bridgehead atoms. The predicted molar refractivity (Wildman–Crippen MR) is 132 cm³/mol. The summed E-state index contributed by atoms with van der Waals surface area (Å²) in [5, 5.41) is 10.4. The molecule has 7 nitrogen and oxygen atoms in total. The van der Waals surface area contributed by atoms with Gasteiger partial charge in [0, 0.05) is 10.0 Å². The summed E-state index contributed by atoms with van der Waals surface area (Å²) in [6, 6.07) is 12.1. The van der Waals surface area contributed by atoms with Gasteiger partial charge in [-0.25, -0.2) is 4.79 Å². The molecule has 35 heavy (non-hydrogen) atoms. The van der Waals surface area contributed by atoms with E-state index in [2.05, 4.69) is 0 Å². The summed E-state index contributed by atoms with van der Waals surface area (Å²) in [4.78, 5) is 40.0. The zero-order chi connectivity index (χ0) is 25.9. The van der Waals surface area contributed by atoms with Crippen LogP contribution in [0, 0.1) is 0 Å². The molecule has 2 aromatic carbocycles. The van der Waals surface area contributed by atoms with Crippen LogP contribution in [0.25, 0.3) is 0 Å². The van der Waals surface area contributed by atoms with Crippen LogP contribution in [0.4, 0.5) is 0 Å². The third kappa shape index (κ3) is 6.54. The Kier molecular flexibility index (Phi) is 8.46. The molecule has 3 rings (SSSR count). The zero-order valence-corrected chi connectivity index (χ0v) is 21.5. The van der Waals surface area contributed by atoms with Gasteiger partial charge >= 0.3 is 11.9 Å². The third-order valence-corrected chi connectivity index (χ3v) is 6.06. The minimum absolute atomic E-state index is 0.257. The number of nitrogens with zero attached hydrogens (tertiary/aromatic N) is 1. The standard InChI is InChI=1S/C26H29Cl2NO6/c1-5-19(25(33)35-26(2,3)4)29-22(15-9-11-17(27)12-10-15)23(16-7-6-8-18(28)13-16)34-20(24(29)32)14-21(30)31/h6-13,19-20,22-23H,5,14H2,1-4H3,(H,30,31)/t19-,20+,22+,23+/m0/s1. The Morgan fingerprint density at radius 3 is 2.29 bits per heavy atom. The number of carboxylic acid groups (broad SMARTS) is 1. The van der Waals surface area contributed by atoms with Gasteiger partial charge in [-0.05, 0) is 62.6 Å². The second kappa shape index (κ2) is 11.0. The Balaban J connectivity index is 2.20. The second-order valence-electron chi connectivity index (χ2n) is 9.40. The molecule has 1 aliphatic heterocycles. The van der Waals surface area contributed by atoms with Crippen molar-refractivity contribution in [2.75, 3.05) is 0 Å². The minimum atomic E-state index is -1.29. The number of carbonyl (C=O) groups is 3. The first kappa shape index (κ1) is 27.0. The fraction of sp³-hybridized carbons (Fsp3) is 0.423. The Labute approximate surface area is 214 Å². The van der Waals surface area contributed by atoms with Crippen molar-refractivity contribution in [2.45, 2.75) is 70.4 Å². The summed E-state index contributed by atoms with van der Waals surface area (Å²) in [6.45, 7) is 7.02. The molecule has 0 aliphatic carbocycles. The van der Waals surface area contributed by atoms with Crippen molar-refractivity contribution < 1.29 is 29.0 Å². The van der Waals surface area contributed by atoms with E-state index in [1.54, 1.807) is 76.2 Å². The summed E-state index contributed by atoms with van der Waals surface area (Å²) in [5.74, 6) is -2.36. The minimum Gasteiger partial charge on any atom is -0.481 e. The van der Waals surface area contributed by atoms with Gasteiger partial charge in [0.25, 0.3) is 5.91 Å². The summed E-state index contributed by atoms with van der Waals surface area (Å²) < 4.78 is 11.8. The van der Waals surface area contributed by atoms with E-state index >= 15 is 0 Å². The van der Waals surface area contributed by atoms with Crippen molar-refractivity contribution in [3.8, 4) is 0 Å². The monoisotopic (exact) mass is 521 g/mol. The van der Waals surface area contributed by atoms with Gasteiger partial charge in [0.2, 0.25) is 0 Å². The number of carbonyl (C=O) groups excluding carboxylic acids is 2. The first-order valence-electron chi connectivity index (χ1n) is 11.3. The first-order chi connectivity index (χ1) is 16.4. The van der Waals surface area contributed by atoms with E-state index < -0.39 is 54.2 Å². The molecule has 188 valence electrons. The van der Waals surface area contributed by atoms with E-state index in [4.69, 9.17) is 32.7 Å². The van der Waals surface area contributed by atoms with Crippen molar-refractivity contribution in [3.05, 3.63) is 69.7 Å². The quantitative estimate of drug-likeness (QED) is 0.476. The highest BCUT2D eigenvalue weighted by Gasteiger charge is 2.49. The fourth-order valence-electron chi connectivity index (χ4n) is 4.19. The lowest BCUT2D eigenvalue weighted by Gasteiger charge is -2.47. The molecule has 1 fully saturated rings. The highest BCUT2D eigenvalue weighted by atomic mass is 35.5. The number of amides is 1. The van der Waals surface area contributed by atoms with E-state index in [1.807, 2.05) is 0 Å². The van der Waals surface area contributed by atoms with Crippen molar-refractivity contribution in [1.82, 2.24) is 4.90 Å². The van der Waals surface area contributed by atoms with Crippen LogP contribution < -0.4 is 0 Å². The van der Waals surface area contributed by atoms with Gasteiger partial charge < -0.3 is 19.5 Å². The number of carboxylic acids is 1. The molecule has 1 saturated heterocycles. The van der Waals surface area contributed by atoms with Gasteiger partial charge in [0.15, 0.2) is 0 Å². The Morgan fingerprint density at radius 1 is 1.09 bits per heavy atom. The lowest BCUT2D eigenvalue weighted by molar-refractivity contribution is -0.191. The number of aliphatic carboxylic acids is 1. The smallest absolute Gasteiger partial charge is 0.329 e. The number of morpholine rings is 1. The van der Waals surface area contributed by atoms with E-state index in [-0.39, 0.29) is 6.42 Å². The van der Waals surface area contributed by atoms with Crippen molar-refractivity contribution >= 4 is 41.0 Å². The van der Waals surface area contributed by atoms with Crippen LogP contribution in [0.1, 0.15) is 63.8 Å². The highest BCUT2D eigenvalue weighted by molar-refractivity contribution is 6.30. The van der Waals surface area contributed by atoms with E-state index in [9.17, 15) is 19.5 Å². The molecule has 9 heteroatoms. The molecule has 0 saturated carbocycles. The van der Waals surface area contributed by atoms with Crippen molar-refractivity contribution in [1.29, 1.82) is 0 Å². The number of hydrogen-bond acceptors (Lipinski definition) is 5. The SMILES string of the molecule is CC[C@@H](C(=O)OC(C)(C)C)N1C(=O)[C@@H](CC(=O)O)O[C@H](c2cccc(Cl)c2)[C@H]1c1ccc(Cl)cc1. The molecule has 0 aromatic heterocycles. The van der Waals surface area contributed by atoms with Gasteiger partial charge in [-0.3, -0.25) is 9.59 Å². The van der Waals surface area contributed by atoms with Gasteiger partial charge in [-0.2, -0.15) is 0 Å². The number of rotatable bonds is 7. The van der Waals surface area contributed by atoms with E-state index in [1.165, 1.54) is 4.90 Å². The van der Waals surface area contributed by atoms with Crippen LogP contribution in [0.2, 0.25) is 10.0 Å². The van der Waals surface area contributed by atoms with Gasteiger partial charge in [-0.15, -0.1) is 0 Å². The molecular formula is C26H29Cl2NO6. The molecule has 0 radical (unpaired) electrons. The van der Waals surface area contributed by atoms with Crippen LogP contribution in [-0.2, 0) is 23.9 Å². The molecule has 1 amide bonds. The predicted octanol–water partition coefficient (Wildman–Crippen LogP) is 5.60. The van der Waals surface area contributed by atoms with Crippen molar-refractivity contribution in [3.63, 3.8) is 0 Å². The second-order valence-corrected chi connectivity index (χ2v) is 10.3. The molecule has 1 aliphatic rings. The van der Waals surface area contributed by atoms with E-state index in [0.29, 0.717) is 21.2 Å². The highest BCUT2D eigenvalue weighted by Crippen LogP contribution is 2.44. The normalized spacial score (nSPS) is 21.5. The van der Waals surface area contributed by atoms with Gasteiger partial charge in [0.05, 0.1) is 12.5 Å². The molecule has 0 spiro atoms. The first-order valence-corrected chi connectivity index (χ1v) is 12.1. The van der Waals surface area contributed by atoms with Crippen LogP contribution in [0.15, 0.2) is 48.5 Å². The Hall–Kier alpha value is -2.61. The lowest BCUT2D eigenvalue weighted by Crippen LogP contribution is -2.57. The lowest BCUT2D eigenvalue weighted by atomic mass is 9.89. The number of halogens is 2. The average Bonchev–Trinajstić information content (AvgIpc) is 2.75. The largest absolute Gasteiger partial charge is 0.481 e. The summed E-state index contributed by atoms with van der Waals surface area (Å²) in [7, 11) is 0. The van der Waals surface area contributed by atoms with Crippen LogP contribution in [0.5, 0.6) is 0 Å². The van der Waals surface area contributed by atoms with Crippen LogP contribution in [-0.4, -0.2) is 45.6 Å². The number of ether oxygens (including phenoxy) is 2. The maximum atomic E-state index is 13.7. The molecule has 4 atom stereocenters. The van der Waals surface area contributed by atoms with E-state index in [0.717, 1.165) is 0 Å². The summed E-state index contributed by atoms with van der Waals surface area (Å²) >= 11 is 12.4. The Bertz CT molecular complexity index is 1080. The number of benzene rings is 2. The van der Waals surface area contributed by atoms with Gasteiger partial charge in [0.1, 0.15) is 23.9 Å². The molecule has 1 N–H and O–H groups in total. The molecule has 1 heterocycles. The molecule has 2 aromatic rings. The maximum absolute atomic E-state index is 13.7. The Morgan fingerprint density at radius 2 is 1.74 bits per heavy atom. The molecule has 0 unspecified atom stereocenters. The average molecular weight is 522 g/mol.